The average Bonchev–Trinajstić information content (AvgIpc) is 2.38. The summed E-state index contributed by atoms with van der Waals surface area (Å²) in [7, 11) is 0. The second-order valence-electron chi connectivity index (χ2n) is 4.50. The average molecular weight is 256 g/mol. The topological polar surface area (TPSA) is 51.2 Å². The molecule has 4 heteroatoms. The maximum absolute atomic E-state index is 11.8. The Labute approximate surface area is 112 Å². The molecule has 0 atom stereocenters. The van der Waals surface area contributed by atoms with Crippen molar-refractivity contribution < 1.29 is 9.63 Å². The van der Waals surface area contributed by atoms with E-state index in [0.29, 0.717) is 11.3 Å². The molecule has 4 nitrogen and oxygen atoms in total. The van der Waals surface area contributed by atoms with E-state index in [1.807, 2.05) is 32.9 Å². The molecule has 0 aliphatic carbocycles. The molecule has 1 amide bonds. The van der Waals surface area contributed by atoms with Gasteiger partial charge in [-0.2, -0.15) is 5.48 Å². The molecule has 98 valence electrons. The van der Waals surface area contributed by atoms with Crippen LogP contribution in [0.1, 0.15) is 27.0 Å². The third-order valence-electron chi connectivity index (χ3n) is 2.77. The molecule has 0 spiro atoms. The minimum absolute atomic E-state index is 0.313. The van der Waals surface area contributed by atoms with Crippen LogP contribution in [0.2, 0.25) is 0 Å². The van der Waals surface area contributed by atoms with Crippen LogP contribution in [-0.4, -0.2) is 10.9 Å². The van der Waals surface area contributed by atoms with Crippen molar-refractivity contribution in [2.24, 2.45) is 0 Å². The number of hydrogen-bond donors (Lipinski definition) is 1. The Kier molecular flexibility index (Phi) is 3.80. The highest BCUT2D eigenvalue weighted by atomic mass is 16.7. The van der Waals surface area contributed by atoms with Crippen molar-refractivity contribution in [1.82, 2.24) is 10.5 Å². The number of nitrogens with zero attached hydrogens (tertiary/aromatic N) is 1. The fourth-order valence-corrected chi connectivity index (χ4v) is 1.98. The number of pyridine rings is 1. The highest BCUT2D eigenvalue weighted by Gasteiger charge is 2.09. The fourth-order valence-electron chi connectivity index (χ4n) is 1.98. The number of carbonyl (C=O) groups excluding carboxylic acids is 1. The number of hydroxylamine groups is 1. The van der Waals surface area contributed by atoms with Gasteiger partial charge in [0, 0.05) is 12.4 Å². The van der Waals surface area contributed by atoms with Crippen LogP contribution < -0.4 is 10.3 Å². The zero-order chi connectivity index (χ0) is 13.8. The number of carbonyl (C=O) groups is 1. The summed E-state index contributed by atoms with van der Waals surface area (Å²) in [5.74, 6) is 0.371. The van der Waals surface area contributed by atoms with Gasteiger partial charge in [-0.3, -0.25) is 9.78 Å². The second kappa shape index (κ2) is 5.52. The maximum Gasteiger partial charge on any atom is 0.285 e. The number of rotatable bonds is 3. The molecule has 0 bridgehead atoms. The summed E-state index contributed by atoms with van der Waals surface area (Å²) in [5, 5.41) is 0. The van der Waals surface area contributed by atoms with Crippen molar-refractivity contribution in [3.63, 3.8) is 0 Å². The van der Waals surface area contributed by atoms with Crippen LogP contribution in [0.4, 0.5) is 0 Å². The molecule has 0 fully saturated rings. The zero-order valence-corrected chi connectivity index (χ0v) is 11.2. The molecule has 0 unspecified atom stereocenters. The van der Waals surface area contributed by atoms with E-state index in [0.717, 1.165) is 11.1 Å². The Morgan fingerprint density at radius 1 is 1.21 bits per heavy atom. The summed E-state index contributed by atoms with van der Waals surface area (Å²) < 4.78 is 0. The molecule has 2 rings (SSSR count). The molecule has 0 aliphatic rings. The summed E-state index contributed by atoms with van der Waals surface area (Å²) in [6.45, 7) is 5.93. The first kappa shape index (κ1) is 13.1. The second-order valence-corrected chi connectivity index (χ2v) is 4.50. The lowest BCUT2D eigenvalue weighted by Gasteiger charge is -2.12. The van der Waals surface area contributed by atoms with Gasteiger partial charge in [0.15, 0.2) is 5.75 Å². The van der Waals surface area contributed by atoms with Crippen molar-refractivity contribution in [1.29, 1.82) is 0 Å². The standard InChI is InChI=1S/C15H16N2O2/c1-10-7-11(2)14(12(3)8-10)19-17-15(18)13-5-4-6-16-9-13/h4-9H,1-3H3,(H,17,18). The Hall–Kier alpha value is -2.36. The van der Waals surface area contributed by atoms with Crippen molar-refractivity contribution >= 4 is 5.91 Å². The predicted octanol–water partition coefficient (Wildman–Crippen LogP) is 2.73. The number of aromatic nitrogens is 1. The van der Waals surface area contributed by atoms with E-state index in [-0.39, 0.29) is 5.91 Å². The van der Waals surface area contributed by atoms with Crippen molar-refractivity contribution in [3.05, 3.63) is 58.9 Å². The van der Waals surface area contributed by atoms with E-state index >= 15 is 0 Å². The summed E-state index contributed by atoms with van der Waals surface area (Å²) in [5.41, 5.74) is 6.05. The van der Waals surface area contributed by atoms with Gasteiger partial charge in [0.25, 0.3) is 5.91 Å². The fraction of sp³-hybridized carbons (Fsp3) is 0.200. The van der Waals surface area contributed by atoms with Gasteiger partial charge in [0.05, 0.1) is 5.56 Å². The molecule has 19 heavy (non-hydrogen) atoms. The first-order valence-electron chi connectivity index (χ1n) is 6.03. The minimum Gasteiger partial charge on any atom is -0.379 e. The molecule has 1 aromatic carbocycles. The van der Waals surface area contributed by atoms with E-state index in [1.165, 1.54) is 11.8 Å². The van der Waals surface area contributed by atoms with Gasteiger partial charge in [-0.25, -0.2) is 0 Å². The highest BCUT2D eigenvalue weighted by molar-refractivity contribution is 5.93. The molecular weight excluding hydrogens is 240 g/mol. The van der Waals surface area contributed by atoms with E-state index in [4.69, 9.17) is 4.84 Å². The number of aryl methyl sites for hydroxylation is 3. The van der Waals surface area contributed by atoms with Crippen molar-refractivity contribution in [3.8, 4) is 5.75 Å². The first-order chi connectivity index (χ1) is 9.08. The van der Waals surface area contributed by atoms with E-state index in [1.54, 1.807) is 18.3 Å². The van der Waals surface area contributed by atoms with Crippen molar-refractivity contribution in [2.45, 2.75) is 20.8 Å². The molecule has 0 radical (unpaired) electrons. The SMILES string of the molecule is Cc1cc(C)c(ONC(=O)c2cccnc2)c(C)c1. The number of hydrogen-bond acceptors (Lipinski definition) is 3. The van der Waals surface area contributed by atoms with Gasteiger partial charge in [-0.05, 0) is 44.0 Å². The largest absolute Gasteiger partial charge is 0.379 e. The molecular formula is C15H16N2O2. The number of nitrogens with one attached hydrogen (secondary N) is 1. The van der Waals surface area contributed by atoms with Crippen LogP contribution in [0.5, 0.6) is 5.75 Å². The van der Waals surface area contributed by atoms with E-state index in [2.05, 4.69) is 10.5 Å². The molecule has 0 saturated heterocycles. The Morgan fingerprint density at radius 3 is 2.47 bits per heavy atom. The van der Waals surface area contributed by atoms with Crippen LogP contribution in [-0.2, 0) is 0 Å². The van der Waals surface area contributed by atoms with Gasteiger partial charge >= 0.3 is 0 Å². The lowest BCUT2D eigenvalue weighted by atomic mass is 10.1. The molecule has 0 saturated carbocycles. The maximum atomic E-state index is 11.8. The highest BCUT2D eigenvalue weighted by Crippen LogP contribution is 2.23. The lowest BCUT2D eigenvalue weighted by molar-refractivity contribution is 0.0757. The van der Waals surface area contributed by atoms with E-state index in [9.17, 15) is 4.79 Å². The summed E-state index contributed by atoms with van der Waals surface area (Å²) in [6.07, 6.45) is 3.11. The van der Waals surface area contributed by atoms with Crippen LogP contribution in [0.15, 0.2) is 36.7 Å². The Balaban J connectivity index is 2.10. The molecule has 2 aromatic rings. The third kappa shape index (κ3) is 3.10. The van der Waals surface area contributed by atoms with Crippen molar-refractivity contribution in [2.75, 3.05) is 0 Å². The summed E-state index contributed by atoms with van der Waals surface area (Å²) >= 11 is 0. The Bertz CT molecular complexity index is 571. The van der Waals surface area contributed by atoms with Gasteiger partial charge < -0.3 is 4.84 Å². The number of benzene rings is 1. The monoisotopic (exact) mass is 256 g/mol. The van der Waals surface area contributed by atoms with E-state index < -0.39 is 0 Å². The van der Waals surface area contributed by atoms with Crippen LogP contribution in [0.25, 0.3) is 0 Å². The van der Waals surface area contributed by atoms with Crippen LogP contribution in [0, 0.1) is 20.8 Å². The Morgan fingerprint density at radius 2 is 1.89 bits per heavy atom. The molecule has 0 aliphatic heterocycles. The van der Waals surface area contributed by atoms with Gasteiger partial charge in [-0.1, -0.05) is 17.7 Å². The summed E-state index contributed by atoms with van der Waals surface area (Å²) in [4.78, 5) is 21.1. The zero-order valence-electron chi connectivity index (χ0n) is 11.2. The molecule has 1 N–H and O–H groups in total. The first-order valence-corrected chi connectivity index (χ1v) is 6.03. The van der Waals surface area contributed by atoms with Crippen LogP contribution in [0.3, 0.4) is 0 Å². The van der Waals surface area contributed by atoms with Gasteiger partial charge in [0.2, 0.25) is 0 Å². The normalized spacial score (nSPS) is 10.1. The molecule has 1 aromatic heterocycles. The predicted molar refractivity (Wildman–Crippen MR) is 73.0 cm³/mol. The minimum atomic E-state index is -0.313. The van der Waals surface area contributed by atoms with Crippen LogP contribution >= 0.6 is 0 Å². The third-order valence-corrected chi connectivity index (χ3v) is 2.77. The van der Waals surface area contributed by atoms with Gasteiger partial charge in [-0.15, -0.1) is 0 Å². The summed E-state index contributed by atoms with van der Waals surface area (Å²) in [6, 6.07) is 7.41. The smallest absolute Gasteiger partial charge is 0.285 e. The lowest BCUT2D eigenvalue weighted by Crippen LogP contribution is -2.27. The number of amides is 1. The molecule has 1 heterocycles. The quantitative estimate of drug-likeness (QED) is 0.859. The van der Waals surface area contributed by atoms with Gasteiger partial charge in [0.1, 0.15) is 0 Å².